The third kappa shape index (κ3) is 3.35. The molecule has 3 heterocycles. The van der Waals surface area contributed by atoms with Gasteiger partial charge in [-0.3, -0.25) is 4.98 Å². The molecule has 30 heavy (non-hydrogen) atoms. The maximum atomic E-state index is 5.86. The maximum Gasteiger partial charge on any atom is 0.170 e. The van der Waals surface area contributed by atoms with Gasteiger partial charge in [0.25, 0.3) is 0 Å². The van der Waals surface area contributed by atoms with E-state index in [-0.39, 0.29) is 12.1 Å². The summed E-state index contributed by atoms with van der Waals surface area (Å²) in [6.07, 6.45) is 8.90. The van der Waals surface area contributed by atoms with E-state index in [1.165, 1.54) is 31.4 Å². The van der Waals surface area contributed by atoms with Crippen molar-refractivity contribution in [1.29, 1.82) is 0 Å². The van der Waals surface area contributed by atoms with Gasteiger partial charge in [-0.05, 0) is 73.6 Å². The van der Waals surface area contributed by atoms with E-state index < -0.39 is 0 Å². The number of rotatable bonds is 5. The topological polar surface area (TPSA) is 42.3 Å². The van der Waals surface area contributed by atoms with E-state index in [2.05, 4.69) is 56.3 Å². The van der Waals surface area contributed by atoms with Crippen LogP contribution >= 0.6 is 12.2 Å². The van der Waals surface area contributed by atoms with Crippen molar-refractivity contribution in [2.24, 2.45) is 0 Å². The minimum atomic E-state index is 0.0196. The van der Waals surface area contributed by atoms with Gasteiger partial charge in [-0.25, -0.2) is 0 Å². The molecular formula is C24H26N4OS. The number of pyridine rings is 1. The summed E-state index contributed by atoms with van der Waals surface area (Å²) in [7, 11) is 1.69. The number of methoxy groups -OCH3 is 1. The number of nitrogens with zero attached hydrogens (tertiary/aromatic N) is 3. The fourth-order valence-corrected chi connectivity index (χ4v) is 5.26. The van der Waals surface area contributed by atoms with Crippen LogP contribution in [0.25, 0.3) is 5.69 Å². The standard InChI is InChI=1S/C24H26N4OS/c1-29-19-13-11-17(12-14-19)27-16-6-10-21(27)23-22(20-9-4-5-15-25-20)26-24(30)28(23)18-7-2-3-8-18/h4-6,9-16,18,22-23H,2-3,7-8H2,1H3,(H,26,30)/t22-,23-/m0/s1. The van der Waals surface area contributed by atoms with Crippen LogP contribution in [-0.2, 0) is 0 Å². The fraction of sp³-hybridized carbons (Fsp3) is 0.333. The van der Waals surface area contributed by atoms with Crippen LogP contribution in [0.15, 0.2) is 67.0 Å². The van der Waals surface area contributed by atoms with Gasteiger partial charge in [0.1, 0.15) is 5.75 Å². The predicted molar refractivity (Wildman–Crippen MR) is 122 cm³/mol. The average molecular weight is 419 g/mol. The first-order chi connectivity index (χ1) is 14.8. The van der Waals surface area contributed by atoms with Crippen LogP contribution in [0.4, 0.5) is 0 Å². The molecule has 1 saturated carbocycles. The minimum absolute atomic E-state index is 0.0196. The maximum absolute atomic E-state index is 5.86. The minimum Gasteiger partial charge on any atom is -0.497 e. The summed E-state index contributed by atoms with van der Waals surface area (Å²) >= 11 is 5.86. The molecule has 0 unspecified atom stereocenters. The van der Waals surface area contributed by atoms with Gasteiger partial charge in [-0.1, -0.05) is 18.9 Å². The largest absolute Gasteiger partial charge is 0.497 e. The molecular weight excluding hydrogens is 392 g/mol. The molecule has 154 valence electrons. The molecule has 1 N–H and O–H groups in total. The van der Waals surface area contributed by atoms with Crippen molar-refractivity contribution < 1.29 is 4.74 Å². The molecule has 0 bridgehead atoms. The third-order valence-electron chi connectivity index (χ3n) is 6.29. The molecule has 0 radical (unpaired) electrons. The average Bonchev–Trinajstić information content (AvgIpc) is 3.54. The summed E-state index contributed by atoms with van der Waals surface area (Å²) < 4.78 is 7.60. The quantitative estimate of drug-likeness (QED) is 0.603. The molecule has 5 rings (SSSR count). The number of hydrogen-bond acceptors (Lipinski definition) is 3. The first-order valence-electron chi connectivity index (χ1n) is 10.6. The van der Waals surface area contributed by atoms with Crippen LogP contribution in [0, 0.1) is 0 Å². The summed E-state index contributed by atoms with van der Waals surface area (Å²) in [4.78, 5) is 7.11. The number of aromatic nitrogens is 2. The Hall–Kier alpha value is -2.86. The Morgan fingerprint density at radius 2 is 1.83 bits per heavy atom. The van der Waals surface area contributed by atoms with Crippen molar-refractivity contribution in [1.82, 2.24) is 19.8 Å². The smallest absolute Gasteiger partial charge is 0.170 e. The molecule has 1 saturated heterocycles. The molecule has 0 spiro atoms. The lowest BCUT2D eigenvalue weighted by atomic mass is 9.99. The van der Waals surface area contributed by atoms with Crippen molar-refractivity contribution >= 4 is 17.3 Å². The van der Waals surface area contributed by atoms with E-state index in [9.17, 15) is 0 Å². The normalized spacial score (nSPS) is 21.8. The molecule has 1 aromatic carbocycles. The molecule has 6 heteroatoms. The molecule has 2 aromatic heterocycles. The Kier molecular flexibility index (Phi) is 5.17. The Labute approximate surface area is 182 Å². The van der Waals surface area contributed by atoms with Gasteiger partial charge in [-0.2, -0.15) is 0 Å². The van der Waals surface area contributed by atoms with Crippen molar-refractivity contribution in [2.75, 3.05) is 7.11 Å². The van der Waals surface area contributed by atoms with Crippen LogP contribution in [0.1, 0.15) is 49.2 Å². The van der Waals surface area contributed by atoms with Gasteiger partial charge in [0.05, 0.1) is 24.9 Å². The molecule has 1 aliphatic carbocycles. The van der Waals surface area contributed by atoms with Crippen molar-refractivity contribution in [3.05, 3.63) is 78.4 Å². The lowest BCUT2D eigenvalue weighted by molar-refractivity contribution is 0.239. The molecule has 2 atom stereocenters. The Morgan fingerprint density at radius 3 is 2.53 bits per heavy atom. The van der Waals surface area contributed by atoms with Gasteiger partial charge in [0, 0.05) is 29.8 Å². The van der Waals surface area contributed by atoms with Crippen LogP contribution < -0.4 is 10.1 Å². The van der Waals surface area contributed by atoms with E-state index in [0.29, 0.717) is 6.04 Å². The van der Waals surface area contributed by atoms with Crippen molar-refractivity contribution in [3.63, 3.8) is 0 Å². The zero-order chi connectivity index (χ0) is 20.5. The predicted octanol–water partition coefficient (Wildman–Crippen LogP) is 4.80. The van der Waals surface area contributed by atoms with Gasteiger partial charge in [0.2, 0.25) is 0 Å². The van der Waals surface area contributed by atoms with Gasteiger partial charge in [-0.15, -0.1) is 0 Å². The number of ether oxygens (including phenoxy) is 1. The lowest BCUT2D eigenvalue weighted by Crippen LogP contribution is -2.38. The van der Waals surface area contributed by atoms with Crippen LogP contribution in [0.2, 0.25) is 0 Å². The molecule has 2 aliphatic rings. The SMILES string of the molecule is COc1ccc(-n2cccc2[C@H]2[C@H](c3ccccn3)NC(=S)N2C2CCCC2)cc1. The Bertz CT molecular complexity index is 1010. The highest BCUT2D eigenvalue weighted by Crippen LogP contribution is 2.43. The summed E-state index contributed by atoms with van der Waals surface area (Å²) in [5, 5.41) is 4.43. The zero-order valence-electron chi connectivity index (χ0n) is 17.1. The van der Waals surface area contributed by atoms with E-state index in [0.717, 1.165) is 22.2 Å². The highest BCUT2D eigenvalue weighted by Gasteiger charge is 2.44. The van der Waals surface area contributed by atoms with Crippen molar-refractivity contribution in [2.45, 2.75) is 43.8 Å². The van der Waals surface area contributed by atoms with Gasteiger partial charge >= 0.3 is 0 Å². The second-order valence-corrected chi connectivity index (χ2v) is 8.36. The summed E-state index contributed by atoms with van der Waals surface area (Å²) in [6.45, 7) is 0. The van der Waals surface area contributed by atoms with Crippen molar-refractivity contribution in [3.8, 4) is 11.4 Å². The first-order valence-corrected chi connectivity index (χ1v) is 11.0. The van der Waals surface area contributed by atoms with E-state index in [4.69, 9.17) is 17.0 Å². The Morgan fingerprint density at radius 1 is 1.03 bits per heavy atom. The van der Waals surface area contributed by atoms with E-state index >= 15 is 0 Å². The second-order valence-electron chi connectivity index (χ2n) is 7.97. The van der Waals surface area contributed by atoms with Gasteiger partial charge < -0.3 is 19.5 Å². The van der Waals surface area contributed by atoms with Crippen LogP contribution in [0.5, 0.6) is 5.75 Å². The highest BCUT2D eigenvalue weighted by atomic mass is 32.1. The molecule has 3 aromatic rings. The second kappa shape index (κ2) is 8.11. The van der Waals surface area contributed by atoms with Crippen LogP contribution in [0.3, 0.4) is 0 Å². The highest BCUT2D eigenvalue weighted by molar-refractivity contribution is 7.80. The third-order valence-corrected chi connectivity index (χ3v) is 6.62. The molecule has 2 fully saturated rings. The number of nitrogens with one attached hydrogen (secondary N) is 1. The van der Waals surface area contributed by atoms with Gasteiger partial charge in [0.15, 0.2) is 5.11 Å². The zero-order valence-corrected chi connectivity index (χ0v) is 17.9. The molecule has 1 aliphatic heterocycles. The molecule has 5 nitrogen and oxygen atoms in total. The fourth-order valence-electron chi connectivity index (χ4n) is 4.87. The lowest BCUT2D eigenvalue weighted by Gasteiger charge is -2.33. The number of hydrogen-bond donors (Lipinski definition) is 1. The summed E-state index contributed by atoms with van der Waals surface area (Å²) in [5.41, 5.74) is 3.35. The number of benzene rings is 1. The van der Waals surface area contributed by atoms with Crippen LogP contribution in [-0.4, -0.2) is 32.7 Å². The number of thiocarbonyl (C=S) groups is 1. The Balaban J connectivity index is 1.59. The van der Waals surface area contributed by atoms with E-state index in [1.54, 1.807) is 7.11 Å². The summed E-state index contributed by atoms with van der Waals surface area (Å²) in [6, 6.07) is 19.2. The molecule has 0 amide bonds. The van der Waals surface area contributed by atoms with E-state index in [1.807, 2.05) is 30.5 Å². The monoisotopic (exact) mass is 418 g/mol. The summed E-state index contributed by atoms with van der Waals surface area (Å²) in [5.74, 6) is 0.857. The first kappa shape index (κ1) is 19.1.